The maximum atomic E-state index is 12.6. The van der Waals surface area contributed by atoms with Crippen molar-refractivity contribution in [3.05, 3.63) is 41.9 Å². The molecule has 0 aromatic carbocycles. The van der Waals surface area contributed by atoms with Crippen molar-refractivity contribution in [2.24, 2.45) is 11.3 Å². The molecule has 2 aromatic heterocycles. The van der Waals surface area contributed by atoms with Gasteiger partial charge in [0.2, 0.25) is 11.6 Å². The molecule has 1 aliphatic carbocycles. The van der Waals surface area contributed by atoms with Gasteiger partial charge in [-0.1, -0.05) is 17.6 Å². The third kappa shape index (κ3) is 5.33. The van der Waals surface area contributed by atoms with Gasteiger partial charge >= 0.3 is 12.1 Å². The Balaban J connectivity index is 0.000000339. The number of fused-ring (bicyclic) bond motifs is 1. The van der Waals surface area contributed by atoms with Gasteiger partial charge in [-0.3, -0.25) is 4.79 Å². The summed E-state index contributed by atoms with van der Waals surface area (Å²) in [5.74, 6) is -1.37. The number of amides is 1. The zero-order valence-electron chi connectivity index (χ0n) is 16.8. The van der Waals surface area contributed by atoms with E-state index in [9.17, 15) is 18.0 Å². The molecule has 0 radical (unpaired) electrons. The summed E-state index contributed by atoms with van der Waals surface area (Å²) in [5.41, 5.74) is 0.758. The van der Waals surface area contributed by atoms with E-state index in [1.165, 1.54) is 6.42 Å². The molecule has 0 unspecified atom stereocenters. The van der Waals surface area contributed by atoms with E-state index >= 15 is 0 Å². The van der Waals surface area contributed by atoms with Gasteiger partial charge < -0.3 is 19.3 Å². The average molecular weight is 441 g/mol. The van der Waals surface area contributed by atoms with Gasteiger partial charge in [-0.15, -0.1) is 0 Å². The lowest BCUT2D eigenvalue weighted by Crippen LogP contribution is -2.35. The molecule has 1 amide bonds. The topological polar surface area (TPSA) is 106 Å². The molecular weight excluding hydrogens is 419 g/mol. The molecule has 168 valence electrons. The van der Waals surface area contributed by atoms with Gasteiger partial charge in [0.25, 0.3) is 5.91 Å². The molecule has 1 saturated heterocycles. The number of likely N-dealkylation sites (tertiary alicyclic amines) is 1. The maximum Gasteiger partial charge on any atom is 0.490 e. The Morgan fingerprint density at radius 3 is 2.71 bits per heavy atom. The van der Waals surface area contributed by atoms with Crippen LogP contribution < -0.4 is 4.74 Å². The van der Waals surface area contributed by atoms with Crippen LogP contribution in [-0.4, -0.2) is 57.9 Å². The molecule has 8 nitrogen and oxygen atoms in total. The number of halogens is 3. The number of pyridine rings is 1. The summed E-state index contributed by atoms with van der Waals surface area (Å²) in [7, 11) is 0. The highest BCUT2D eigenvalue weighted by Crippen LogP contribution is 2.49. The van der Waals surface area contributed by atoms with Gasteiger partial charge in [-0.25, -0.2) is 9.78 Å². The van der Waals surface area contributed by atoms with Crippen molar-refractivity contribution in [1.82, 2.24) is 15.0 Å². The zero-order valence-corrected chi connectivity index (χ0v) is 16.8. The fourth-order valence-electron chi connectivity index (χ4n) is 4.08. The van der Waals surface area contributed by atoms with Gasteiger partial charge in [-0.2, -0.15) is 13.2 Å². The van der Waals surface area contributed by atoms with Crippen molar-refractivity contribution < 1.29 is 37.1 Å². The fourth-order valence-corrected chi connectivity index (χ4v) is 4.08. The Hall–Kier alpha value is -3.11. The van der Waals surface area contributed by atoms with Gasteiger partial charge in [-0.05, 0) is 31.7 Å². The minimum Gasteiger partial charge on any atom is -0.477 e. The monoisotopic (exact) mass is 441 g/mol. The summed E-state index contributed by atoms with van der Waals surface area (Å²) in [4.78, 5) is 27.7. The van der Waals surface area contributed by atoms with Crippen molar-refractivity contribution in [2.45, 2.75) is 32.4 Å². The van der Waals surface area contributed by atoms with Crippen LogP contribution in [0.25, 0.3) is 0 Å². The third-order valence-corrected chi connectivity index (χ3v) is 5.55. The van der Waals surface area contributed by atoms with Crippen molar-refractivity contribution in [1.29, 1.82) is 0 Å². The normalized spacial score (nSPS) is 22.5. The van der Waals surface area contributed by atoms with Gasteiger partial charge in [0.1, 0.15) is 0 Å². The number of aromatic nitrogens is 2. The minimum absolute atomic E-state index is 0.0300. The Morgan fingerprint density at radius 1 is 1.39 bits per heavy atom. The van der Waals surface area contributed by atoms with Crippen LogP contribution in [0.2, 0.25) is 0 Å². The molecule has 1 aliphatic heterocycles. The number of hydrogen-bond acceptors (Lipinski definition) is 6. The molecule has 1 N–H and O–H groups in total. The number of carbonyl (C=O) groups is 2. The summed E-state index contributed by atoms with van der Waals surface area (Å²) in [6, 6.07) is 7.37. The number of nitrogens with zero attached hydrogens (tertiary/aromatic N) is 3. The maximum absolute atomic E-state index is 12.6. The number of rotatable bonds is 4. The number of aryl methyl sites for hydroxylation is 1. The SMILES string of the molecule is Cc1cc(C(=O)N2C[C@H]3CCC[C@@]3(COc3ccccn3)C2)on1.O=C(O)C(F)(F)F. The molecule has 2 aliphatic rings. The first-order valence-electron chi connectivity index (χ1n) is 9.67. The molecule has 0 spiro atoms. The lowest BCUT2D eigenvalue weighted by molar-refractivity contribution is -0.192. The van der Waals surface area contributed by atoms with E-state index in [1.807, 2.05) is 30.0 Å². The second-order valence-electron chi connectivity index (χ2n) is 7.73. The van der Waals surface area contributed by atoms with E-state index in [0.717, 1.165) is 25.1 Å². The number of carboxylic acid groups (broad SMARTS) is 1. The van der Waals surface area contributed by atoms with Crippen LogP contribution in [0, 0.1) is 18.3 Å². The quantitative estimate of drug-likeness (QED) is 0.776. The number of aliphatic carboxylic acids is 1. The van der Waals surface area contributed by atoms with E-state index in [1.54, 1.807) is 12.3 Å². The molecule has 31 heavy (non-hydrogen) atoms. The van der Waals surface area contributed by atoms with E-state index < -0.39 is 12.1 Å². The first-order valence-corrected chi connectivity index (χ1v) is 9.67. The molecule has 0 bridgehead atoms. The Kier molecular flexibility index (Phi) is 6.51. The Morgan fingerprint density at radius 2 is 2.13 bits per heavy atom. The average Bonchev–Trinajstić information content (AvgIpc) is 3.40. The number of alkyl halides is 3. The molecule has 2 atom stereocenters. The standard InChI is InChI=1S/C18H21N3O3.C2HF3O2/c1-13-9-15(24-20-13)17(22)21-10-14-5-4-7-18(14,11-21)12-23-16-6-2-3-8-19-16;3-2(4,5)1(6)7/h2-3,6,8-9,14H,4-5,7,10-12H2,1H3;(H,6,7)/t14-,18+;/m1./s1. The van der Waals surface area contributed by atoms with Crippen LogP contribution in [0.5, 0.6) is 5.88 Å². The molecule has 3 heterocycles. The number of carbonyl (C=O) groups excluding carboxylic acids is 1. The summed E-state index contributed by atoms with van der Waals surface area (Å²) >= 11 is 0. The van der Waals surface area contributed by atoms with Crippen LogP contribution in [0.4, 0.5) is 13.2 Å². The zero-order chi connectivity index (χ0) is 22.6. The predicted molar refractivity (Wildman–Crippen MR) is 100 cm³/mol. The van der Waals surface area contributed by atoms with Crippen LogP contribution in [-0.2, 0) is 4.79 Å². The predicted octanol–water partition coefficient (Wildman–Crippen LogP) is 3.33. The van der Waals surface area contributed by atoms with Crippen molar-refractivity contribution in [3.8, 4) is 5.88 Å². The second-order valence-corrected chi connectivity index (χ2v) is 7.73. The molecule has 11 heteroatoms. The van der Waals surface area contributed by atoms with E-state index in [0.29, 0.717) is 30.7 Å². The molecule has 1 saturated carbocycles. The van der Waals surface area contributed by atoms with Crippen LogP contribution in [0.1, 0.15) is 35.5 Å². The lowest BCUT2D eigenvalue weighted by atomic mass is 9.81. The molecule has 2 fully saturated rings. The van der Waals surface area contributed by atoms with Crippen LogP contribution in [0.15, 0.2) is 35.0 Å². The number of ether oxygens (including phenoxy) is 1. The Bertz CT molecular complexity index is 918. The fraction of sp³-hybridized carbons (Fsp3) is 0.500. The highest BCUT2D eigenvalue weighted by molar-refractivity contribution is 5.91. The summed E-state index contributed by atoms with van der Waals surface area (Å²) in [6.07, 6.45) is 0.0735. The number of hydrogen-bond donors (Lipinski definition) is 1. The summed E-state index contributed by atoms with van der Waals surface area (Å²) in [5, 5.41) is 10.9. The highest BCUT2D eigenvalue weighted by atomic mass is 19.4. The van der Waals surface area contributed by atoms with E-state index in [2.05, 4.69) is 10.1 Å². The third-order valence-electron chi connectivity index (χ3n) is 5.55. The number of carboxylic acids is 1. The van der Waals surface area contributed by atoms with E-state index in [4.69, 9.17) is 19.2 Å². The highest BCUT2D eigenvalue weighted by Gasteiger charge is 2.51. The Labute approximate surface area is 176 Å². The minimum atomic E-state index is -5.08. The van der Waals surface area contributed by atoms with Crippen LogP contribution >= 0.6 is 0 Å². The van der Waals surface area contributed by atoms with Gasteiger partial charge in [0, 0.05) is 36.8 Å². The summed E-state index contributed by atoms with van der Waals surface area (Å²) in [6.45, 7) is 3.91. The lowest BCUT2D eigenvalue weighted by Gasteiger charge is -2.28. The molecule has 2 aromatic rings. The second kappa shape index (κ2) is 8.94. The van der Waals surface area contributed by atoms with Gasteiger partial charge in [0.05, 0.1) is 12.3 Å². The molecule has 4 rings (SSSR count). The van der Waals surface area contributed by atoms with Crippen LogP contribution in [0.3, 0.4) is 0 Å². The van der Waals surface area contributed by atoms with Crippen molar-refractivity contribution >= 4 is 11.9 Å². The largest absolute Gasteiger partial charge is 0.490 e. The smallest absolute Gasteiger partial charge is 0.477 e. The van der Waals surface area contributed by atoms with Crippen molar-refractivity contribution in [3.63, 3.8) is 0 Å². The van der Waals surface area contributed by atoms with Gasteiger partial charge in [0.15, 0.2) is 0 Å². The van der Waals surface area contributed by atoms with E-state index in [-0.39, 0.29) is 11.3 Å². The summed E-state index contributed by atoms with van der Waals surface area (Å²) < 4.78 is 42.8. The first kappa shape index (κ1) is 22.6. The first-order chi connectivity index (χ1) is 14.6. The van der Waals surface area contributed by atoms with Crippen molar-refractivity contribution in [2.75, 3.05) is 19.7 Å². The molecular formula is C20H22F3N3O5.